The summed E-state index contributed by atoms with van der Waals surface area (Å²) < 4.78 is 9.65. The first kappa shape index (κ1) is 10.3. The van der Waals surface area contributed by atoms with E-state index in [2.05, 4.69) is 15.4 Å². The van der Waals surface area contributed by atoms with E-state index in [1.54, 1.807) is 25.3 Å². The van der Waals surface area contributed by atoms with Gasteiger partial charge in [0.1, 0.15) is 5.75 Å². The second-order valence-electron chi connectivity index (χ2n) is 3.01. The molecule has 0 bridgehead atoms. The van der Waals surface area contributed by atoms with Gasteiger partial charge < -0.3 is 14.3 Å². The van der Waals surface area contributed by atoms with Crippen LogP contribution in [0.3, 0.4) is 0 Å². The van der Waals surface area contributed by atoms with Crippen LogP contribution in [0, 0.1) is 0 Å². The van der Waals surface area contributed by atoms with Gasteiger partial charge in [-0.05, 0) is 12.1 Å². The highest BCUT2D eigenvalue weighted by molar-refractivity contribution is 6.44. The lowest BCUT2D eigenvalue weighted by Crippen LogP contribution is -2.28. The van der Waals surface area contributed by atoms with Crippen LogP contribution in [0.5, 0.6) is 11.5 Å². The van der Waals surface area contributed by atoms with Crippen LogP contribution in [0.4, 0.5) is 0 Å². The predicted molar refractivity (Wildman–Crippen MR) is 55.3 cm³/mol. The summed E-state index contributed by atoms with van der Waals surface area (Å²) in [5, 5.41) is 3.73. The molecule has 84 valence electrons. The van der Waals surface area contributed by atoms with Crippen molar-refractivity contribution in [2.75, 3.05) is 14.2 Å². The van der Waals surface area contributed by atoms with Crippen molar-refractivity contribution in [3.8, 4) is 11.5 Å². The Bertz CT molecular complexity index is 456. The third kappa shape index (κ3) is 1.65. The third-order valence-corrected chi connectivity index (χ3v) is 2.14. The number of benzene rings is 1. The molecule has 0 saturated heterocycles. The second kappa shape index (κ2) is 4.09. The number of esters is 1. The zero-order valence-electron chi connectivity index (χ0n) is 8.81. The molecule has 6 nitrogen and oxygen atoms in total. The zero-order valence-corrected chi connectivity index (χ0v) is 8.81. The molecule has 1 aliphatic heterocycles. The standard InChI is InChI=1S/C10H10N2O4/c1-14-6-3-4-7-8(5-6)16-12-11-9(7)10(13)15-2/h3-5,12H,1-2H3. The highest BCUT2D eigenvalue weighted by atomic mass is 16.7. The average molecular weight is 222 g/mol. The Morgan fingerprint density at radius 1 is 1.44 bits per heavy atom. The number of carbonyl (C=O) groups excluding carboxylic acids is 1. The number of carbonyl (C=O) groups is 1. The van der Waals surface area contributed by atoms with Crippen LogP contribution in [0.1, 0.15) is 5.56 Å². The number of ether oxygens (including phenoxy) is 2. The largest absolute Gasteiger partial charge is 0.497 e. The molecule has 0 radical (unpaired) electrons. The van der Waals surface area contributed by atoms with Gasteiger partial charge in [-0.25, -0.2) is 4.79 Å². The fraction of sp³-hybridized carbons (Fsp3) is 0.200. The van der Waals surface area contributed by atoms with Crippen molar-refractivity contribution >= 4 is 11.7 Å². The summed E-state index contributed by atoms with van der Waals surface area (Å²) in [7, 11) is 2.84. The molecular formula is C10H10N2O4. The first-order chi connectivity index (χ1) is 7.76. The smallest absolute Gasteiger partial charge is 0.359 e. The number of methoxy groups -OCH3 is 2. The van der Waals surface area contributed by atoms with Crippen molar-refractivity contribution in [1.82, 2.24) is 5.59 Å². The topological polar surface area (TPSA) is 69.2 Å². The fourth-order valence-electron chi connectivity index (χ4n) is 1.34. The Morgan fingerprint density at radius 2 is 2.25 bits per heavy atom. The molecule has 1 aromatic rings. The van der Waals surface area contributed by atoms with Crippen molar-refractivity contribution < 1.29 is 19.1 Å². The summed E-state index contributed by atoms with van der Waals surface area (Å²) >= 11 is 0. The zero-order chi connectivity index (χ0) is 11.5. The molecule has 0 amide bonds. The van der Waals surface area contributed by atoms with Crippen LogP contribution in [0.15, 0.2) is 23.3 Å². The lowest BCUT2D eigenvalue weighted by atomic mass is 10.1. The number of hydrazone groups is 1. The number of nitrogens with zero attached hydrogens (tertiary/aromatic N) is 1. The Balaban J connectivity index is 2.43. The van der Waals surface area contributed by atoms with Gasteiger partial charge in [-0.3, -0.25) is 0 Å². The molecule has 1 aromatic carbocycles. The number of nitrogens with one attached hydrogen (secondary N) is 1. The van der Waals surface area contributed by atoms with Gasteiger partial charge in [0.2, 0.25) is 0 Å². The highest BCUT2D eigenvalue weighted by Gasteiger charge is 2.23. The number of hydrogen-bond acceptors (Lipinski definition) is 6. The molecular weight excluding hydrogens is 212 g/mol. The Labute approximate surface area is 91.8 Å². The van der Waals surface area contributed by atoms with E-state index in [9.17, 15) is 4.79 Å². The summed E-state index contributed by atoms with van der Waals surface area (Å²) in [4.78, 5) is 16.5. The molecule has 0 fully saturated rings. The fourth-order valence-corrected chi connectivity index (χ4v) is 1.34. The predicted octanol–water partition coefficient (Wildman–Crippen LogP) is 0.469. The quantitative estimate of drug-likeness (QED) is 0.736. The number of fused-ring (bicyclic) bond motifs is 1. The van der Waals surface area contributed by atoms with E-state index in [1.807, 2.05) is 0 Å². The van der Waals surface area contributed by atoms with E-state index in [0.29, 0.717) is 17.1 Å². The summed E-state index contributed by atoms with van der Waals surface area (Å²) in [6, 6.07) is 5.05. The summed E-state index contributed by atoms with van der Waals surface area (Å²) in [5.74, 6) is 0.573. The number of hydrogen-bond donors (Lipinski definition) is 1. The monoisotopic (exact) mass is 222 g/mol. The SMILES string of the molecule is COC(=O)C1=NNOc2cc(OC)ccc21. The Kier molecular flexibility index (Phi) is 2.63. The maximum absolute atomic E-state index is 11.4. The molecule has 6 heteroatoms. The molecule has 1 N–H and O–H groups in total. The van der Waals surface area contributed by atoms with E-state index in [0.717, 1.165) is 0 Å². The van der Waals surface area contributed by atoms with E-state index in [1.165, 1.54) is 7.11 Å². The van der Waals surface area contributed by atoms with Gasteiger partial charge in [-0.15, -0.1) is 10.7 Å². The maximum atomic E-state index is 11.4. The summed E-state index contributed by atoms with van der Waals surface area (Å²) in [6.45, 7) is 0. The van der Waals surface area contributed by atoms with Gasteiger partial charge in [-0.2, -0.15) is 0 Å². The minimum Gasteiger partial charge on any atom is -0.497 e. The Hall–Kier alpha value is -2.24. The lowest BCUT2D eigenvalue weighted by Gasteiger charge is -2.16. The van der Waals surface area contributed by atoms with Crippen LogP contribution >= 0.6 is 0 Å². The van der Waals surface area contributed by atoms with E-state index >= 15 is 0 Å². The molecule has 0 spiro atoms. The number of rotatable bonds is 2. The van der Waals surface area contributed by atoms with Gasteiger partial charge in [0.05, 0.1) is 19.8 Å². The molecule has 0 unspecified atom stereocenters. The minimum atomic E-state index is -0.526. The van der Waals surface area contributed by atoms with E-state index in [4.69, 9.17) is 9.57 Å². The van der Waals surface area contributed by atoms with Crippen molar-refractivity contribution in [2.24, 2.45) is 5.10 Å². The summed E-state index contributed by atoms with van der Waals surface area (Å²) in [6.07, 6.45) is 0. The van der Waals surface area contributed by atoms with Gasteiger partial charge in [-0.1, -0.05) is 0 Å². The van der Waals surface area contributed by atoms with Gasteiger partial charge >= 0.3 is 5.97 Å². The first-order valence-corrected chi connectivity index (χ1v) is 4.52. The molecule has 0 saturated carbocycles. The molecule has 2 rings (SSSR count). The van der Waals surface area contributed by atoms with Crippen LogP contribution in [0.2, 0.25) is 0 Å². The molecule has 0 aliphatic carbocycles. The van der Waals surface area contributed by atoms with Gasteiger partial charge in [0, 0.05) is 6.07 Å². The van der Waals surface area contributed by atoms with E-state index < -0.39 is 5.97 Å². The molecule has 1 heterocycles. The van der Waals surface area contributed by atoms with Gasteiger partial charge in [0.25, 0.3) is 0 Å². The second-order valence-corrected chi connectivity index (χ2v) is 3.01. The third-order valence-electron chi connectivity index (χ3n) is 2.14. The van der Waals surface area contributed by atoms with Crippen LogP contribution < -0.4 is 15.2 Å². The molecule has 16 heavy (non-hydrogen) atoms. The maximum Gasteiger partial charge on any atom is 0.359 e. The molecule has 1 aliphatic rings. The Morgan fingerprint density at radius 3 is 2.94 bits per heavy atom. The van der Waals surface area contributed by atoms with Crippen molar-refractivity contribution in [3.05, 3.63) is 23.8 Å². The normalized spacial score (nSPS) is 12.8. The van der Waals surface area contributed by atoms with Crippen molar-refractivity contribution in [2.45, 2.75) is 0 Å². The summed E-state index contributed by atoms with van der Waals surface area (Å²) in [5.41, 5.74) is 3.02. The van der Waals surface area contributed by atoms with Gasteiger partial charge in [0.15, 0.2) is 11.5 Å². The minimum absolute atomic E-state index is 0.173. The van der Waals surface area contributed by atoms with E-state index in [-0.39, 0.29) is 5.71 Å². The highest BCUT2D eigenvalue weighted by Crippen LogP contribution is 2.26. The molecule has 0 aromatic heterocycles. The lowest BCUT2D eigenvalue weighted by molar-refractivity contribution is -0.132. The first-order valence-electron chi connectivity index (χ1n) is 4.52. The van der Waals surface area contributed by atoms with Crippen molar-refractivity contribution in [1.29, 1.82) is 0 Å². The average Bonchev–Trinajstić information content (AvgIpc) is 2.36. The van der Waals surface area contributed by atoms with Crippen molar-refractivity contribution in [3.63, 3.8) is 0 Å². The van der Waals surface area contributed by atoms with Crippen LogP contribution in [0.25, 0.3) is 0 Å². The van der Waals surface area contributed by atoms with Crippen LogP contribution in [-0.2, 0) is 9.53 Å². The van der Waals surface area contributed by atoms with Crippen LogP contribution in [-0.4, -0.2) is 25.9 Å². The molecule has 0 atom stereocenters.